The van der Waals surface area contributed by atoms with Crippen molar-refractivity contribution in [1.29, 1.82) is 0 Å². The first kappa shape index (κ1) is 29.1. The van der Waals surface area contributed by atoms with Crippen LogP contribution in [0.3, 0.4) is 0 Å². The van der Waals surface area contributed by atoms with Crippen molar-refractivity contribution in [1.82, 2.24) is 25.3 Å². The molecule has 0 spiro atoms. The maximum absolute atomic E-state index is 13.4. The van der Waals surface area contributed by atoms with Crippen LogP contribution in [0.4, 0.5) is 9.59 Å². The first-order valence-corrected chi connectivity index (χ1v) is 13.0. The molecule has 0 radical (unpaired) electrons. The molecule has 4 amide bonds. The van der Waals surface area contributed by atoms with Crippen LogP contribution in [-0.4, -0.2) is 98.4 Å². The summed E-state index contributed by atoms with van der Waals surface area (Å²) in [5.41, 5.74) is 1.21. The average Bonchev–Trinajstić information content (AvgIpc) is 2.87. The van der Waals surface area contributed by atoms with Gasteiger partial charge in [0.25, 0.3) is 0 Å². The van der Waals surface area contributed by atoms with E-state index in [2.05, 4.69) is 15.5 Å². The molecule has 0 bridgehead atoms. The van der Waals surface area contributed by atoms with Crippen LogP contribution in [-0.2, 0) is 9.53 Å². The summed E-state index contributed by atoms with van der Waals surface area (Å²) >= 11 is 0. The highest BCUT2D eigenvalue weighted by molar-refractivity contribution is 5.95. The van der Waals surface area contributed by atoms with Crippen LogP contribution in [0.2, 0.25) is 0 Å². The van der Waals surface area contributed by atoms with Crippen LogP contribution in [0.25, 0.3) is 0 Å². The Kier molecular flexibility index (Phi) is 9.48. The number of carbonyl (C=O) groups is 3. The predicted octanol–water partition coefficient (Wildman–Crippen LogP) is 2.73. The molecule has 0 aromatic heterocycles. The zero-order chi connectivity index (χ0) is 28.0. The van der Waals surface area contributed by atoms with E-state index in [-0.39, 0.29) is 24.2 Å². The van der Waals surface area contributed by atoms with Crippen LogP contribution >= 0.6 is 0 Å². The number of ether oxygens (including phenoxy) is 3. The van der Waals surface area contributed by atoms with Gasteiger partial charge in [-0.05, 0) is 52.8 Å². The van der Waals surface area contributed by atoms with E-state index in [0.29, 0.717) is 67.6 Å². The van der Waals surface area contributed by atoms with Gasteiger partial charge in [-0.3, -0.25) is 9.80 Å². The number of methoxy groups -OCH3 is 2. The summed E-state index contributed by atoms with van der Waals surface area (Å²) in [7, 11) is 3.09. The minimum Gasteiger partial charge on any atom is -0.497 e. The number of carbonyl (C=O) groups excluding carboxylic acids is 3. The molecule has 2 N–H and O–H groups in total. The molecular weight excluding hydrogens is 490 g/mol. The van der Waals surface area contributed by atoms with Gasteiger partial charge in [0.15, 0.2) is 0 Å². The number of nitrogens with zero attached hydrogens (tertiary/aromatic N) is 3. The monoisotopic (exact) mass is 531 g/mol. The van der Waals surface area contributed by atoms with Crippen molar-refractivity contribution < 1.29 is 28.6 Å². The van der Waals surface area contributed by atoms with Crippen molar-refractivity contribution in [2.24, 2.45) is 0 Å². The van der Waals surface area contributed by atoms with Gasteiger partial charge in [-0.25, -0.2) is 14.4 Å². The van der Waals surface area contributed by atoms with Crippen molar-refractivity contribution in [3.8, 4) is 11.5 Å². The summed E-state index contributed by atoms with van der Waals surface area (Å²) in [5.74, 6) is 0.585. The molecule has 210 valence electrons. The van der Waals surface area contributed by atoms with Gasteiger partial charge in [-0.15, -0.1) is 0 Å². The Morgan fingerprint density at radius 3 is 2.32 bits per heavy atom. The molecule has 0 unspecified atom stereocenters. The van der Waals surface area contributed by atoms with Gasteiger partial charge in [0.1, 0.15) is 11.5 Å². The highest BCUT2D eigenvalue weighted by Gasteiger charge is 2.40. The first-order chi connectivity index (χ1) is 18.0. The summed E-state index contributed by atoms with van der Waals surface area (Å²) in [4.78, 5) is 44.8. The summed E-state index contributed by atoms with van der Waals surface area (Å²) < 4.78 is 16.5. The largest absolute Gasteiger partial charge is 0.497 e. The lowest BCUT2D eigenvalue weighted by Crippen LogP contribution is -2.56. The number of rotatable bonds is 8. The number of hydrogen-bond acceptors (Lipinski definition) is 7. The second-order valence-electron chi connectivity index (χ2n) is 10.3. The zero-order valence-corrected chi connectivity index (χ0v) is 23.6. The predicted molar refractivity (Wildman–Crippen MR) is 143 cm³/mol. The molecule has 2 aliphatic heterocycles. The summed E-state index contributed by atoms with van der Waals surface area (Å²) in [6.07, 6.45) is 0. The summed E-state index contributed by atoms with van der Waals surface area (Å²) in [6, 6.07) is 4.07. The minimum atomic E-state index is -0.789. The maximum atomic E-state index is 13.4. The fraction of sp³-hybridized carbons (Fsp3) is 0.593. The molecular formula is C27H41N5O6. The summed E-state index contributed by atoms with van der Waals surface area (Å²) in [5, 5.41) is 5.97. The van der Waals surface area contributed by atoms with Crippen LogP contribution in [0.5, 0.6) is 11.5 Å². The second kappa shape index (κ2) is 12.4. The van der Waals surface area contributed by atoms with E-state index >= 15 is 0 Å². The molecule has 11 heteroatoms. The zero-order valence-electron chi connectivity index (χ0n) is 23.6. The van der Waals surface area contributed by atoms with Gasteiger partial charge in [0.2, 0.25) is 0 Å². The van der Waals surface area contributed by atoms with Crippen molar-refractivity contribution in [2.45, 2.75) is 46.2 Å². The Morgan fingerprint density at radius 2 is 1.76 bits per heavy atom. The SMILES string of the molecule is CCOC(=O)C1=C(CN2CCN(C(=O)NC(C)(C)C)CC2)N(CC)C(=O)N[C@@H]1c1cc(OC)ccc1OC. The minimum absolute atomic E-state index is 0.0963. The van der Waals surface area contributed by atoms with Gasteiger partial charge in [-0.1, -0.05) is 0 Å². The smallest absolute Gasteiger partial charge is 0.338 e. The van der Waals surface area contributed by atoms with E-state index in [1.807, 2.05) is 27.7 Å². The fourth-order valence-corrected chi connectivity index (χ4v) is 4.68. The van der Waals surface area contributed by atoms with E-state index < -0.39 is 12.0 Å². The molecule has 38 heavy (non-hydrogen) atoms. The third-order valence-electron chi connectivity index (χ3n) is 6.51. The number of urea groups is 2. The number of esters is 1. The normalized spacial score (nSPS) is 18.7. The topological polar surface area (TPSA) is 113 Å². The Balaban J connectivity index is 1.97. The van der Waals surface area contributed by atoms with E-state index in [0.717, 1.165) is 0 Å². The molecule has 1 aromatic carbocycles. The standard InChI is InChI=1S/C27H41N5O6/c1-8-32-20(17-30-12-14-31(15-13-30)26(35)29-27(3,4)5)22(24(33)38-9-2)23(28-25(32)34)19-16-18(36-6)10-11-21(19)37-7/h10-11,16,23H,8-9,12-15,17H2,1-7H3,(H,28,34)(H,29,35)/t23-/m1/s1. The fourth-order valence-electron chi connectivity index (χ4n) is 4.68. The number of amides is 4. The highest BCUT2D eigenvalue weighted by atomic mass is 16.5. The number of nitrogens with one attached hydrogen (secondary N) is 2. The lowest BCUT2D eigenvalue weighted by Gasteiger charge is -2.41. The first-order valence-electron chi connectivity index (χ1n) is 13.0. The van der Waals surface area contributed by atoms with Crippen molar-refractivity contribution in [3.05, 3.63) is 35.0 Å². The molecule has 3 rings (SSSR count). The average molecular weight is 532 g/mol. The molecule has 1 aromatic rings. The van der Waals surface area contributed by atoms with Crippen LogP contribution in [0, 0.1) is 0 Å². The lowest BCUT2D eigenvalue weighted by atomic mass is 9.93. The van der Waals surface area contributed by atoms with Gasteiger partial charge in [0.05, 0.1) is 32.4 Å². The third-order valence-corrected chi connectivity index (χ3v) is 6.51. The van der Waals surface area contributed by atoms with Gasteiger partial charge < -0.3 is 29.7 Å². The van der Waals surface area contributed by atoms with Crippen molar-refractivity contribution >= 4 is 18.0 Å². The molecule has 11 nitrogen and oxygen atoms in total. The number of likely N-dealkylation sites (N-methyl/N-ethyl adjacent to an activating group) is 1. The van der Waals surface area contributed by atoms with E-state index in [4.69, 9.17) is 14.2 Å². The molecule has 2 aliphatic rings. The van der Waals surface area contributed by atoms with Gasteiger partial charge in [-0.2, -0.15) is 0 Å². The van der Waals surface area contributed by atoms with Crippen LogP contribution < -0.4 is 20.1 Å². The van der Waals surface area contributed by atoms with Crippen molar-refractivity contribution in [2.75, 3.05) is 60.1 Å². The Labute approximate surface area is 225 Å². The van der Waals surface area contributed by atoms with Crippen molar-refractivity contribution in [3.63, 3.8) is 0 Å². The Morgan fingerprint density at radius 1 is 1.08 bits per heavy atom. The van der Waals surface area contributed by atoms with E-state index in [1.165, 1.54) is 7.11 Å². The highest BCUT2D eigenvalue weighted by Crippen LogP contribution is 2.38. The third kappa shape index (κ3) is 6.69. The van der Waals surface area contributed by atoms with Gasteiger partial charge in [0, 0.05) is 56.1 Å². The quantitative estimate of drug-likeness (QED) is 0.496. The maximum Gasteiger partial charge on any atom is 0.338 e. The lowest BCUT2D eigenvalue weighted by molar-refractivity contribution is -0.139. The second-order valence-corrected chi connectivity index (χ2v) is 10.3. The molecule has 1 saturated heterocycles. The Bertz CT molecular complexity index is 1060. The molecule has 1 atom stereocenters. The van der Waals surface area contributed by atoms with E-state index in [9.17, 15) is 14.4 Å². The molecule has 2 heterocycles. The number of benzene rings is 1. The number of hydrogen-bond donors (Lipinski definition) is 2. The van der Waals surface area contributed by atoms with Crippen LogP contribution in [0.15, 0.2) is 29.5 Å². The Hall–Kier alpha value is -3.47. The number of piperazine rings is 1. The summed E-state index contributed by atoms with van der Waals surface area (Å²) in [6.45, 7) is 12.7. The van der Waals surface area contributed by atoms with Gasteiger partial charge >= 0.3 is 18.0 Å². The van der Waals surface area contributed by atoms with Crippen LogP contribution in [0.1, 0.15) is 46.2 Å². The molecule has 1 fully saturated rings. The molecule has 0 aliphatic carbocycles. The van der Waals surface area contributed by atoms with E-state index in [1.54, 1.807) is 42.0 Å². The molecule has 0 saturated carbocycles.